The van der Waals surface area contributed by atoms with Crippen molar-refractivity contribution in [1.29, 1.82) is 0 Å². The van der Waals surface area contributed by atoms with Crippen molar-refractivity contribution in [2.45, 2.75) is 13.1 Å². The van der Waals surface area contributed by atoms with Crippen molar-refractivity contribution in [3.63, 3.8) is 0 Å². The fraction of sp³-hybridized carbons (Fsp3) is 0.143. The molecule has 112 valence electrons. The van der Waals surface area contributed by atoms with Gasteiger partial charge in [-0.3, -0.25) is 0 Å². The van der Waals surface area contributed by atoms with Gasteiger partial charge in [-0.1, -0.05) is 24.3 Å². The number of para-hydroxylation sites is 1. The van der Waals surface area contributed by atoms with Crippen LogP contribution in [0.25, 0.3) is 5.69 Å². The first kappa shape index (κ1) is 14.2. The highest BCUT2D eigenvalue weighted by atomic mass is 32.1. The summed E-state index contributed by atoms with van der Waals surface area (Å²) in [4.78, 5) is 12.9. The molecule has 0 fully saturated rings. The maximum Gasteiger partial charge on any atom is 0.315 e. The molecule has 0 aliphatic carbocycles. The van der Waals surface area contributed by atoms with Crippen LogP contribution in [-0.4, -0.2) is 26.2 Å². The standard InChI is InChI=1S/C14H14N6OS/c21-14(15-9-12-7-4-8-22-12)16-10-13-17-18-19-20(13)11-5-2-1-3-6-11/h1-8H,9-10H2,(H2,15,16,21). The van der Waals surface area contributed by atoms with E-state index in [2.05, 4.69) is 26.2 Å². The van der Waals surface area contributed by atoms with Crippen molar-refractivity contribution in [1.82, 2.24) is 30.8 Å². The summed E-state index contributed by atoms with van der Waals surface area (Å²) in [7, 11) is 0. The van der Waals surface area contributed by atoms with Gasteiger partial charge in [0, 0.05) is 4.88 Å². The third-order valence-electron chi connectivity index (χ3n) is 2.95. The minimum atomic E-state index is -0.254. The molecule has 3 rings (SSSR count). The zero-order chi connectivity index (χ0) is 15.2. The predicted octanol–water partition coefficient (Wildman–Crippen LogP) is 1.72. The Morgan fingerprint density at radius 3 is 2.68 bits per heavy atom. The highest BCUT2D eigenvalue weighted by molar-refractivity contribution is 7.09. The molecule has 0 bridgehead atoms. The van der Waals surface area contributed by atoms with Crippen molar-refractivity contribution in [2.24, 2.45) is 0 Å². The second kappa shape index (κ2) is 6.81. The molecule has 0 spiro atoms. The molecule has 2 heterocycles. The molecule has 0 aliphatic heterocycles. The molecular weight excluding hydrogens is 300 g/mol. The summed E-state index contributed by atoms with van der Waals surface area (Å²) in [5, 5.41) is 19.0. The summed E-state index contributed by atoms with van der Waals surface area (Å²) < 4.78 is 1.60. The molecule has 22 heavy (non-hydrogen) atoms. The second-order valence-electron chi connectivity index (χ2n) is 4.46. The highest BCUT2D eigenvalue weighted by Crippen LogP contribution is 2.08. The van der Waals surface area contributed by atoms with Crippen molar-refractivity contribution in [2.75, 3.05) is 0 Å². The molecule has 8 heteroatoms. The number of thiophene rings is 1. The van der Waals surface area contributed by atoms with Gasteiger partial charge in [0.15, 0.2) is 5.82 Å². The number of carbonyl (C=O) groups excluding carboxylic acids is 1. The number of nitrogens with zero attached hydrogens (tertiary/aromatic N) is 4. The normalized spacial score (nSPS) is 10.4. The fourth-order valence-corrected chi connectivity index (χ4v) is 2.53. The van der Waals surface area contributed by atoms with E-state index in [4.69, 9.17) is 0 Å². The maximum atomic E-state index is 11.8. The number of amides is 2. The first-order chi connectivity index (χ1) is 10.8. The van der Waals surface area contributed by atoms with Crippen LogP contribution in [0.3, 0.4) is 0 Å². The molecule has 0 saturated heterocycles. The fourth-order valence-electron chi connectivity index (χ4n) is 1.89. The molecule has 0 radical (unpaired) electrons. The Morgan fingerprint density at radius 1 is 1.09 bits per heavy atom. The topological polar surface area (TPSA) is 84.7 Å². The van der Waals surface area contributed by atoms with Gasteiger partial charge in [0.25, 0.3) is 0 Å². The molecule has 2 amide bonds. The first-order valence-electron chi connectivity index (χ1n) is 6.70. The molecule has 1 aromatic carbocycles. The maximum absolute atomic E-state index is 11.8. The van der Waals surface area contributed by atoms with Crippen molar-refractivity contribution in [3.8, 4) is 5.69 Å². The molecule has 2 aromatic heterocycles. The van der Waals surface area contributed by atoms with E-state index < -0.39 is 0 Å². The Balaban J connectivity index is 1.56. The number of hydrogen-bond donors (Lipinski definition) is 2. The largest absolute Gasteiger partial charge is 0.333 e. The Kier molecular flexibility index (Phi) is 4.40. The minimum Gasteiger partial charge on any atom is -0.333 e. The van der Waals surface area contributed by atoms with Crippen LogP contribution in [0.4, 0.5) is 4.79 Å². The van der Waals surface area contributed by atoms with Gasteiger partial charge in [0.1, 0.15) is 0 Å². The van der Waals surface area contributed by atoms with Crippen LogP contribution in [0.5, 0.6) is 0 Å². The second-order valence-corrected chi connectivity index (χ2v) is 5.49. The Morgan fingerprint density at radius 2 is 1.91 bits per heavy atom. The summed E-state index contributed by atoms with van der Waals surface area (Å²) in [5.41, 5.74) is 0.850. The Hall–Kier alpha value is -2.74. The van der Waals surface area contributed by atoms with E-state index >= 15 is 0 Å². The van der Waals surface area contributed by atoms with Gasteiger partial charge in [0.2, 0.25) is 0 Å². The first-order valence-corrected chi connectivity index (χ1v) is 7.57. The minimum absolute atomic E-state index is 0.248. The number of benzene rings is 1. The molecule has 0 unspecified atom stereocenters. The van der Waals surface area contributed by atoms with Gasteiger partial charge in [0.05, 0.1) is 18.8 Å². The van der Waals surface area contributed by atoms with Crippen molar-refractivity contribution in [3.05, 3.63) is 58.5 Å². The molecule has 7 nitrogen and oxygen atoms in total. The van der Waals surface area contributed by atoms with Crippen LogP contribution in [0.15, 0.2) is 47.8 Å². The SMILES string of the molecule is O=C(NCc1cccs1)NCc1nnnn1-c1ccccc1. The Bertz CT molecular complexity index is 725. The van der Waals surface area contributed by atoms with Gasteiger partial charge in [-0.05, 0) is 34.0 Å². The predicted molar refractivity (Wildman–Crippen MR) is 82.5 cm³/mol. The molecule has 0 aliphatic rings. The Labute approximate surface area is 131 Å². The number of carbonyl (C=O) groups is 1. The molecular formula is C14H14N6OS. The van der Waals surface area contributed by atoms with Crippen LogP contribution in [0.2, 0.25) is 0 Å². The number of urea groups is 1. The summed E-state index contributed by atoms with van der Waals surface area (Å²) in [5.74, 6) is 0.567. The number of aromatic nitrogens is 4. The van der Waals surface area contributed by atoms with Crippen molar-refractivity contribution >= 4 is 17.4 Å². The van der Waals surface area contributed by atoms with Gasteiger partial charge < -0.3 is 10.6 Å². The number of hydrogen-bond acceptors (Lipinski definition) is 5. The zero-order valence-electron chi connectivity index (χ0n) is 11.6. The van der Waals surface area contributed by atoms with Gasteiger partial charge in [-0.2, -0.15) is 4.68 Å². The number of nitrogens with one attached hydrogen (secondary N) is 2. The van der Waals surface area contributed by atoms with E-state index in [1.165, 1.54) is 0 Å². The molecule has 0 saturated carbocycles. The molecule has 3 aromatic rings. The number of rotatable bonds is 5. The van der Waals surface area contributed by atoms with E-state index in [0.29, 0.717) is 12.4 Å². The third-order valence-corrected chi connectivity index (χ3v) is 3.82. The summed E-state index contributed by atoms with van der Waals surface area (Å²) in [6, 6.07) is 13.2. The lowest BCUT2D eigenvalue weighted by molar-refractivity contribution is 0.240. The molecule has 2 N–H and O–H groups in total. The summed E-state index contributed by atoms with van der Waals surface area (Å²) in [6.07, 6.45) is 0. The lowest BCUT2D eigenvalue weighted by Gasteiger charge is -2.07. The third kappa shape index (κ3) is 3.47. The van der Waals surface area contributed by atoms with Gasteiger partial charge in [-0.25, -0.2) is 4.79 Å². The van der Waals surface area contributed by atoms with Crippen LogP contribution >= 0.6 is 11.3 Å². The van der Waals surface area contributed by atoms with E-state index in [9.17, 15) is 4.79 Å². The van der Waals surface area contributed by atoms with Crippen LogP contribution in [-0.2, 0) is 13.1 Å². The van der Waals surface area contributed by atoms with Crippen molar-refractivity contribution < 1.29 is 4.79 Å². The number of tetrazole rings is 1. The lowest BCUT2D eigenvalue weighted by Crippen LogP contribution is -2.35. The monoisotopic (exact) mass is 314 g/mol. The molecule has 0 atom stereocenters. The van der Waals surface area contributed by atoms with E-state index in [1.54, 1.807) is 16.0 Å². The zero-order valence-corrected chi connectivity index (χ0v) is 12.5. The highest BCUT2D eigenvalue weighted by Gasteiger charge is 2.09. The van der Waals surface area contributed by atoms with Crippen LogP contribution in [0.1, 0.15) is 10.7 Å². The quantitative estimate of drug-likeness (QED) is 0.751. The lowest BCUT2D eigenvalue weighted by atomic mass is 10.3. The van der Waals surface area contributed by atoms with Crippen LogP contribution in [0, 0.1) is 0 Å². The van der Waals surface area contributed by atoms with Gasteiger partial charge in [-0.15, -0.1) is 16.4 Å². The van der Waals surface area contributed by atoms with E-state index in [-0.39, 0.29) is 12.6 Å². The average Bonchev–Trinajstić information content (AvgIpc) is 3.23. The summed E-state index contributed by atoms with van der Waals surface area (Å²) in [6.45, 7) is 0.755. The van der Waals surface area contributed by atoms with E-state index in [1.807, 2.05) is 47.8 Å². The average molecular weight is 314 g/mol. The summed E-state index contributed by atoms with van der Waals surface area (Å²) >= 11 is 1.60. The van der Waals surface area contributed by atoms with E-state index in [0.717, 1.165) is 10.6 Å². The van der Waals surface area contributed by atoms with Crippen LogP contribution < -0.4 is 10.6 Å². The van der Waals surface area contributed by atoms with Gasteiger partial charge >= 0.3 is 6.03 Å². The smallest absolute Gasteiger partial charge is 0.315 e.